The van der Waals surface area contributed by atoms with Crippen LogP contribution in [-0.2, 0) is 4.79 Å². The predicted octanol–water partition coefficient (Wildman–Crippen LogP) is 1.36. The molecule has 0 aromatic rings. The van der Waals surface area contributed by atoms with Crippen LogP contribution in [0.2, 0.25) is 0 Å². The van der Waals surface area contributed by atoms with E-state index in [-0.39, 0.29) is 18.0 Å². The number of hydrogen-bond donors (Lipinski definition) is 2. The summed E-state index contributed by atoms with van der Waals surface area (Å²) in [5, 5.41) is 6.50. The number of hydrogen-bond acceptors (Lipinski definition) is 3. The highest BCUT2D eigenvalue weighted by molar-refractivity contribution is 5.81. The zero-order chi connectivity index (χ0) is 13.5. The Labute approximate surface area is 111 Å². The first kappa shape index (κ1) is 15.4. The lowest BCUT2D eigenvalue weighted by Gasteiger charge is -2.35. The number of carbonyl (C=O) groups excluding carboxylic acids is 1. The molecule has 0 aromatic heterocycles. The maximum Gasteiger partial charge on any atom is 0.237 e. The van der Waals surface area contributed by atoms with E-state index >= 15 is 0 Å². The molecule has 106 valence electrons. The first-order valence-corrected chi connectivity index (χ1v) is 7.29. The van der Waals surface area contributed by atoms with Gasteiger partial charge >= 0.3 is 0 Å². The molecule has 1 aliphatic rings. The summed E-state index contributed by atoms with van der Waals surface area (Å²) in [4.78, 5) is 14.3. The quantitative estimate of drug-likeness (QED) is 0.753. The van der Waals surface area contributed by atoms with Gasteiger partial charge in [0, 0.05) is 18.6 Å². The standard InChI is InChI=1S/C14H29N3O/c1-5-7-11(2)16-14(18)12(3)17(4)13-8-6-9-15-10-13/h11-13,15H,5-10H2,1-4H3,(H,16,18). The van der Waals surface area contributed by atoms with Crippen molar-refractivity contribution in [2.75, 3.05) is 20.1 Å². The van der Waals surface area contributed by atoms with Crippen LogP contribution in [0.15, 0.2) is 0 Å². The molecule has 1 fully saturated rings. The number of nitrogens with zero attached hydrogens (tertiary/aromatic N) is 1. The Bertz CT molecular complexity index is 251. The molecule has 0 saturated carbocycles. The van der Waals surface area contributed by atoms with E-state index in [0.717, 1.165) is 25.9 Å². The molecule has 1 amide bonds. The fourth-order valence-electron chi connectivity index (χ4n) is 2.55. The van der Waals surface area contributed by atoms with Crippen LogP contribution in [0.25, 0.3) is 0 Å². The second-order valence-electron chi connectivity index (χ2n) is 5.54. The van der Waals surface area contributed by atoms with Crippen LogP contribution in [-0.4, -0.2) is 49.1 Å². The molecule has 0 aliphatic carbocycles. The van der Waals surface area contributed by atoms with E-state index in [2.05, 4.69) is 36.4 Å². The smallest absolute Gasteiger partial charge is 0.237 e. The summed E-state index contributed by atoms with van der Waals surface area (Å²) in [5.74, 6) is 0.157. The normalized spacial score (nSPS) is 23.7. The van der Waals surface area contributed by atoms with Crippen molar-refractivity contribution in [1.82, 2.24) is 15.5 Å². The average molecular weight is 255 g/mol. The Morgan fingerprint density at radius 1 is 1.50 bits per heavy atom. The first-order chi connectivity index (χ1) is 8.56. The molecule has 0 bridgehead atoms. The molecule has 1 rings (SSSR count). The fourth-order valence-corrected chi connectivity index (χ4v) is 2.55. The van der Waals surface area contributed by atoms with E-state index in [9.17, 15) is 4.79 Å². The third kappa shape index (κ3) is 4.58. The third-order valence-electron chi connectivity index (χ3n) is 3.95. The summed E-state index contributed by atoms with van der Waals surface area (Å²) in [6, 6.07) is 0.720. The minimum absolute atomic E-state index is 0.0470. The molecule has 1 heterocycles. The van der Waals surface area contributed by atoms with Crippen LogP contribution < -0.4 is 10.6 Å². The highest BCUT2D eigenvalue weighted by Gasteiger charge is 2.26. The Morgan fingerprint density at radius 3 is 2.78 bits per heavy atom. The van der Waals surface area contributed by atoms with E-state index in [1.165, 1.54) is 12.8 Å². The SMILES string of the molecule is CCCC(C)NC(=O)C(C)N(C)C1CCCNC1. The Morgan fingerprint density at radius 2 is 2.22 bits per heavy atom. The molecule has 0 aromatic carbocycles. The van der Waals surface area contributed by atoms with Crippen molar-refractivity contribution in [3.05, 3.63) is 0 Å². The van der Waals surface area contributed by atoms with Crippen LogP contribution in [0.4, 0.5) is 0 Å². The zero-order valence-corrected chi connectivity index (χ0v) is 12.3. The molecule has 0 spiro atoms. The first-order valence-electron chi connectivity index (χ1n) is 7.29. The van der Waals surface area contributed by atoms with Crippen molar-refractivity contribution < 1.29 is 4.79 Å². The minimum atomic E-state index is -0.0470. The third-order valence-corrected chi connectivity index (χ3v) is 3.95. The molecule has 1 aliphatic heterocycles. The lowest BCUT2D eigenvalue weighted by molar-refractivity contribution is -0.127. The van der Waals surface area contributed by atoms with E-state index < -0.39 is 0 Å². The molecule has 4 heteroatoms. The number of likely N-dealkylation sites (N-methyl/N-ethyl adjacent to an activating group) is 1. The highest BCUT2D eigenvalue weighted by Crippen LogP contribution is 2.12. The predicted molar refractivity (Wildman–Crippen MR) is 75.6 cm³/mol. The lowest BCUT2D eigenvalue weighted by atomic mass is 10.0. The van der Waals surface area contributed by atoms with Crippen molar-refractivity contribution in [1.29, 1.82) is 0 Å². The number of amides is 1. The van der Waals surface area contributed by atoms with Gasteiger partial charge in [0.15, 0.2) is 0 Å². The Kier molecular flexibility index (Phi) is 6.65. The molecular weight excluding hydrogens is 226 g/mol. The van der Waals surface area contributed by atoms with Crippen molar-refractivity contribution in [2.24, 2.45) is 0 Å². The van der Waals surface area contributed by atoms with E-state index in [1.807, 2.05) is 6.92 Å². The molecule has 1 saturated heterocycles. The summed E-state index contributed by atoms with van der Waals surface area (Å²) in [5.41, 5.74) is 0. The summed E-state index contributed by atoms with van der Waals surface area (Å²) < 4.78 is 0. The van der Waals surface area contributed by atoms with E-state index in [4.69, 9.17) is 0 Å². The van der Waals surface area contributed by atoms with Crippen molar-refractivity contribution in [2.45, 2.75) is 64.6 Å². The summed E-state index contributed by atoms with van der Waals surface area (Å²) in [6.45, 7) is 8.34. The van der Waals surface area contributed by atoms with Crippen LogP contribution in [0.5, 0.6) is 0 Å². The van der Waals surface area contributed by atoms with Crippen LogP contribution in [0.3, 0.4) is 0 Å². The summed E-state index contributed by atoms with van der Waals surface area (Å²) >= 11 is 0. The summed E-state index contributed by atoms with van der Waals surface area (Å²) in [7, 11) is 2.06. The van der Waals surface area contributed by atoms with Crippen molar-refractivity contribution in [3.63, 3.8) is 0 Å². The molecular formula is C14H29N3O. The number of carbonyl (C=O) groups is 1. The van der Waals surface area contributed by atoms with Gasteiger partial charge < -0.3 is 10.6 Å². The molecule has 0 radical (unpaired) electrons. The van der Waals surface area contributed by atoms with E-state index in [1.54, 1.807) is 0 Å². The monoisotopic (exact) mass is 255 g/mol. The average Bonchev–Trinajstić information content (AvgIpc) is 2.38. The van der Waals surface area contributed by atoms with Gasteiger partial charge in [-0.3, -0.25) is 9.69 Å². The number of rotatable bonds is 6. The summed E-state index contributed by atoms with van der Waals surface area (Å²) in [6.07, 6.45) is 4.55. The van der Waals surface area contributed by atoms with Crippen LogP contribution in [0.1, 0.15) is 46.5 Å². The maximum atomic E-state index is 12.1. The molecule has 18 heavy (non-hydrogen) atoms. The fraction of sp³-hybridized carbons (Fsp3) is 0.929. The topological polar surface area (TPSA) is 44.4 Å². The minimum Gasteiger partial charge on any atom is -0.352 e. The van der Waals surface area contributed by atoms with Gasteiger partial charge in [-0.05, 0) is 46.7 Å². The van der Waals surface area contributed by atoms with Crippen molar-refractivity contribution in [3.8, 4) is 0 Å². The number of nitrogens with one attached hydrogen (secondary N) is 2. The zero-order valence-electron chi connectivity index (χ0n) is 12.3. The second-order valence-corrected chi connectivity index (χ2v) is 5.54. The molecule has 4 nitrogen and oxygen atoms in total. The molecule has 3 unspecified atom stereocenters. The van der Waals surface area contributed by atoms with E-state index in [0.29, 0.717) is 6.04 Å². The largest absolute Gasteiger partial charge is 0.352 e. The van der Waals surface area contributed by atoms with Gasteiger partial charge in [-0.15, -0.1) is 0 Å². The second kappa shape index (κ2) is 7.74. The van der Waals surface area contributed by atoms with Gasteiger partial charge in [0.1, 0.15) is 0 Å². The molecule has 3 atom stereocenters. The van der Waals surface area contributed by atoms with Crippen LogP contribution in [0, 0.1) is 0 Å². The van der Waals surface area contributed by atoms with Gasteiger partial charge in [0.05, 0.1) is 6.04 Å². The van der Waals surface area contributed by atoms with Gasteiger partial charge in [-0.25, -0.2) is 0 Å². The Hall–Kier alpha value is -0.610. The highest BCUT2D eigenvalue weighted by atomic mass is 16.2. The van der Waals surface area contributed by atoms with Crippen molar-refractivity contribution >= 4 is 5.91 Å². The van der Waals surface area contributed by atoms with Crippen LogP contribution >= 0.6 is 0 Å². The van der Waals surface area contributed by atoms with Gasteiger partial charge in [0.2, 0.25) is 5.91 Å². The lowest BCUT2D eigenvalue weighted by Crippen LogP contribution is -2.53. The van der Waals surface area contributed by atoms with Gasteiger partial charge in [0.25, 0.3) is 0 Å². The Balaban J connectivity index is 2.41. The molecule has 2 N–H and O–H groups in total. The van der Waals surface area contributed by atoms with Gasteiger partial charge in [-0.1, -0.05) is 13.3 Å². The van der Waals surface area contributed by atoms with Gasteiger partial charge in [-0.2, -0.15) is 0 Å². The maximum absolute atomic E-state index is 12.1. The number of piperidine rings is 1.